The van der Waals surface area contributed by atoms with Crippen molar-refractivity contribution in [3.05, 3.63) is 28.2 Å². The van der Waals surface area contributed by atoms with Gasteiger partial charge in [-0.3, -0.25) is 4.79 Å². The molecule has 1 aliphatic heterocycles. The summed E-state index contributed by atoms with van der Waals surface area (Å²) in [5.41, 5.74) is 0.567. The molecular formula is C17H24BrF2IN4O2. The maximum atomic E-state index is 12.6. The second kappa shape index (κ2) is 11.6. The lowest BCUT2D eigenvalue weighted by molar-refractivity contribution is -0.130. The lowest BCUT2D eigenvalue weighted by atomic mass is 10.2. The van der Waals surface area contributed by atoms with E-state index in [0.717, 1.165) is 4.47 Å². The monoisotopic (exact) mass is 560 g/mol. The average molecular weight is 561 g/mol. The number of rotatable bonds is 5. The summed E-state index contributed by atoms with van der Waals surface area (Å²) in [6.07, 6.45) is 0. The Morgan fingerprint density at radius 1 is 1.30 bits per heavy atom. The molecule has 0 atom stereocenters. The molecule has 1 N–H and O–H groups in total. The second-order valence-corrected chi connectivity index (χ2v) is 6.71. The summed E-state index contributed by atoms with van der Waals surface area (Å²) < 4.78 is 30.5. The van der Waals surface area contributed by atoms with E-state index >= 15 is 0 Å². The predicted molar refractivity (Wildman–Crippen MR) is 115 cm³/mol. The number of halogens is 4. The van der Waals surface area contributed by atoms with E-state index < -0.39 is 6.61 Å². The van der Waals surface area contributed by atoms with Crippen LogP contribution in [0.1, 0.15) is 19.4 Å². The van der Waals surface area contributed by atoms with Gasteiger partial charge in [-0.05, 0) is 25.1 Å². The summed E-state index contributed by atoms with van der Waals surface area (Å²) in [5, 5.41) is 3.21. The Labute approximate surface area is 183 Å². The van der Waals surface area contributed by atoms with Gasteiger partial charge in [-0.15, -0.1) is 24.0 Å². The van der Waals surface area contributed by atoms with Crippen LogP contribution in [-0.2, 0) is 11.3 Å². The quantitative estimate of drug-likeness (QED) is 0.341. The molecule has 1 saturated heterocycles. The average Bonchev–Trinajstić information content (AvgIpc) is 2.60. The van der Waals surface area contributed by atoms with Gasteiger partial charge in [0.25, 0.3) is 0 Å². The van der Waals surface area contributed by atoms with Crippen LogP contribution >= 0.6 is 39.9 Å². The van der Waals surface area contributed by atoms with Crippen LogP contribution in [0.25, 0.3) is 0 Å². The molecule has 0 spiro atoms. The molecule has 0 unspecified atom stereocenters. The number of piperazine rings is 1. The van der Waals surface area contributed by atoms with Gasteiger partial charge in [0.15, 0.2) is 5.96 Å². The summed E-state index contributed by atoms with van der Waals surface area (Å²) in [5.74, 6) is 0.873. The van der Waals surface area contributed by atoms with Crippen molar-refractivity contribution in [2.45, 2.75) is 27.0 Å². The topological polar surface area (TPSA) is 57.2 Å². The second-order valence-electron chi connectivity index (χ2n) is 5.79. The molecule has 1 aliphatic rings. The summed E-state index contributed by atoms with van der Waals surface area (Å²) in [7, 11) is 0. The van der Waals surface area contributed by atoms with Gasteiger partial charge in [-0.1, -0.05) is 15.9 Å². The molecule has 1 amide bonds. The Morgan fingerprint density at radius 2 is 1.93 bits per heavy atom. The molecule has 0 radical (unpaired) electrons. The van der Waals surface area contributed by atoms with E-state index in [2.05, 4.69) is 35.9 Å². The third-order valence-electron chi connectivity index (χ3n) is 4.00. The van der Waals surface area contributed by atoms with E-state index in [4.69, 9.17) is 0 Å². The standard InChI is InChI=1S/C17H23BrF2N4O2.HI/c1-3-21-17(24-8-6-23(7-9-24)12(2)25)22-11-13-10-14(18)4-5-15(13)26-16(19)20;/h4-5,10,16H,3,6-9,11H2,1-2H3,(H,21,22);1H. The van der Waals surface area contributed by atoms with Crippen LogP contribution in [0, 0.1) is 0 Å². The maximum Gasteiger partial charge on any atom is 0.387 e. The van der Waals surface area contributed by atoms with E-state index in [1.807, 2.05) is 6.92 Å². The Hall–Kier alpha value is -1.17. The number of carbonyl (C=O) groups is 1. The highest BCUT2D eigenvalue weighted by atomic mass is 127. The van der Waals surface area contributed by atoms with Gasteiger partial charge in [0.05, 0.1) is 6.54 Å². The predicted octanol–water partition coefficient (Wildman–Crippen LogP) is 3.30. The zero-order valence-electron chi connectivity index (χ0n) is 15.3. The van der Waals surface area contributed by atoms with Crippen molar-refractivity contribution < 1.29 is 18.3 Å². The van der Waals surface area contributed by atoms with Crippen LogP contribution in [0.4, 0.5) is 8.78 Å². The van der Waals surface area contributed by atoms with Crippen molar-refractivity contribution in [1.82, 2.24) is 15.1 Å². The zero-order valence-corrected chi connectivity index (χ0v) is 19.2. The molecule has 6 nitrogen and oxygen atoms in total. The molecule has 10 heteroatoms. The number of ether oxygens (including phenoxy) is 1. The van der Waals surface area contributed by atoms with Gasteiger partial charge >= 0.3 is 6.61 Å². The van der Waals surface area contributed by atoms with E-state index in [-0.39, 0.29) is 42.2 Å². The molecule has 152 valence electrons. The number of hydrogen-bond acceptors (Lipinski definition) is 3. The minimum Gasteiger partial charge on any atom is -0.434 e. The highest BCUT2D eigenvalue weighted by Gasteiger charge is 2.21. The molecule has 0 aromatic heterocycles. The summed E-state index contributed by atoms with van der Waals surface area (Å²) in [6.45, 7) is 4.15. The number of carbonyl (C=O) groups excluding carboxylic acids is 1. The number of nitrogens with zero attached hydrogens (tertiary/aromatic N) is 3. The number of guanidine groups is 1. The highest BCUT2D eigenvalue weighted by molar-refractivity contribution is 14.0. The summed E-state index contributed by atoms with van der Waals surface area (Å²) in [4.78, 5) is 19.9. The smallest absolute Gasteiger partial charge is 0.387 e. The molecule has 0 aliphatic carbocycles. The first-order valence-corrected chi connectivity index (χ1v) is 9.22. The number of aliphatic imine (C=N–C) groups is 1. The Morgan fingerprint density at radius 3 is 2.48 bits per heavy atom. The molecule has 0 bridgehead atoms. The molecule has 27 heavy (non-hydrogen) atoms. The number of benzene rings is 1. The first-order chi connectivity index (χ1) is 12.4. The highest BCUT2D eigenvalue weighted by Crippen LogP contribution is 2.25. The maximum absolute atomic E-state index is 12.6. The van der Waals surface area contributed by atoms with Gasteiger partial charge in [0.2, 0.25) is 5.91 Å². The lowest BCUT2D eigenvalue weighted by Crippen LogP contribution is -2.53. The van der Waals surface area contributed by atoms with Crippen molar-refractivity contribution >= 4 is 51.8 Å². The molecule has 1 aromatic rings. The van der Waals surface area contributed by atoms with Gasteiger partial charge in [-0.2, -0.15) is 8.78 Å². The van der Waals surface area contributed by atoms with E-state index in [0.29, 0.717) is 44.2 Å². The van der Waals surface area contributed by atoms with Gasteiger partial charge in [0, 0.05) is 49.7 Å². The minimum absolute atomic E-state index is 0. The fourth-order valence-electron chi connectivity index (χ4n) is 2.70. The Bertz CT molecular complexity index is 656. The van der Waals surface area contributed by atoms with Crippen LogP contribution in [-0.4, -0.2) is 61.0 Å². The molecule has 0 saturated carbocycles. The van der Waals surface area contributed by atoms with Crippen LogP contribution in [0.5, 0.6) is 5.75 Å². The SMILES string of the molecule is CCNC(=NCc1cc(Br)ccc1OC(F)F)N1CCN(C(C)=O)CC1.I. The van der Waals surface area contributed by atoms with Crippen molar-refractivity contribution in [3.63, 3.8) is 0 Å². The normalized spacial score (nSPS) is 14.8. The van der Waals surface area contributed by atoms with Crippen LogP contribution < -0.4 is 10.1 Å². The number of hydrogen-bond donors (Lipinski definition) is 1. The largest absolute Gasteiger partial charge is 0.434 e. The Kier molecular flexibility index (Phi) is 10.3. The molecular weight excluding hydrogens is 537 g/mol. The van der Waals surface area contributed by atoms with Gasteiger partial charge < -0.3 is 19.9 Å². The van der Waals surface area contributed by atoms with Crippen molar-refractivity contribution in [3.8, 4) is 5.75 Å². The Balaban J connectivity index is 0.00000364. The number of nitrogens with one attached hydrogen (secondary N) is 1. The number of alkyl halides is 2. The number of amides is 1. The fourth-order valence-corrected chi connectivity index (χ4v) is 3.11. The molecule has 1 aromatic carbocycles. The molecule has 1 fully saturated rings. The third kappa shape index (κ3) is 7.40. The van der Waals surface area contributed by atoms with E-state index in [1.165, 1.54) is 6.07 Å². The van der Waals surface area contributed by atoms with Crippen molar-refractivity contribution in [1.29, 1.82) is 0 Å². The molecule has 1 heterocycles. The summed E-state index contributed by atoms with van der Waals surface area (Å²) >= 11 is 3.34. The van der Waals surface area contributed by atoms with E-state index in [1.54, 1.807) is 24.0 Å². The van der Waals surface area contributed by atoms with Crippen LogP contribution in [0.15, 0.2) is 27.7 Å². The first kappa shape index (κ1) is 23.9. The van der Waals surface area contributed by atoms with Gasteiger partial charge in [0.1, 0.15) is 5.75 Å². The van der Waals surface area contributed by atoms with E-state index in [9.17, 15) is 13.6 Å². The molecule has 2 rings (SSSR count). The fraction of sp³-hybridized carbons (Fsp3) is 0.529. The van der Waals surface area contributed by atoms with Gasteiger partial charge in [-0.25, -0.2) is 4.99 Å². The van der Waals surface area contributed by atoms with Crippen molar-refractivity contribution in [2.75, 3.05) is 32.7 Å². The van der Waals surface area contributed by atoms with Crippen LogP contribution in [0.2, 0.25) is 0 Å². The summed E-state index contributed by atoms with van der Waals surface area (Å²) in [6, 6.07) is 4.87. The third-order valence-corrected chi connectivity index (χ3v) is 4.49. The minimum atomic E-state index is -2.88. The lowest BCUT2D eigenvalue weighted by Gasteiger charge is -2.36. The van der Waals surface area contributed by atoms with Crippen LogP contribution in [0.3, 0.4) is 0 Å². The zero-order chi connectivity index (χ0) is 19.1. The van der Waals surface area contributed by atoms with Crippen molar-refractivity contribution in [2.24, 2.45) is 4.99 Å². The first-order valence-electron chi connectivity index (χ1n) is 8.42.